The van der Waals surface area contributed by atoms with Gasteiger partial charge in [0.05, 0.1) is 26.9 Å². The van der Waals surface area contributed by atoms with Gasteiger partial charge in [-0.1, -0.05) is 67.1 Å². The summed E-state index contributed by atoms with van der Waals surface area (Å²) in [4.78, 5) is 16.8. The monoisotopic (exact) mass is 454 g/mol. The lowest BCUT2D eigenvalue weighted by molar-refractivity contribution is 0.102. The van der Waals surface area contributed by atoms with Gasteiger partial charge < -0.3 is 4.74 Å². The molecule has 0 spiro atoms. The van der Waals surface area contributed by atoms with Crippen molar-refractivity contribution in [3.8, 4) is 5.75 Å². The van der Waals surface area contributed by atoms with Gasteiger partial charge in [0.2, 0.25) is 0 Å². The molecule has 1 aromatic heterocycles. The van der Waals surface area contributed by atoms with Crippen molar-refractivity contribution < 1.29 is 13.9 Å². The predicted octanol–water partition coefficient (Wildman–Crippen LogP) is 7.34. The first kappa shape index (κ1) is 21.8. The van der Waals surface area contributed by atoms with Crippen molar-refractivity contribution >= 4 is 55.8 Å². The summed E-state index contributed by atoms with van der Waals surface area (Å²) in [6.45, 7) is 2.70. The Kier molecular flexibility index (Phi) is 7.70. The number of halogens is 3. The van der Waals surface area contributed by atoms with E-state index in [0.717, 1.165) is 12.8 Å². The summed E-state index contributed by atoms with van der Waals surface area (Å²) in [5, 5.41) is 3.63. The van der Waals surface area contributed by atoms with E-state index in [-0.39, 0.29) is 15.9 Å². The largest absolute Gasteiger partial charge is 0.490 e. The molecule has 8 heteroatoms. The van der Waals surface area contributed by atoms with Gasteiger partial charge in [-0.2, -0.15) is 0 Å². The van der Waals surface area contributed by atoms with Crippen molar-refractivity contribution in [2.24, 2.45) is 0 Å². The molecule has 0 fully saturated rings. The van der Waals surface area contributed by atoms with Crippen LogP contribution in [0.5, 0.6) is 5.75 Å². The van der Waals surface area contributed by atoms with Crippen LogP contribution in [-0.4, -0.2) is 17.5 Å². The zero-order valence-corrected chi connectivity index (χ0v) is 18.3. The van der Waals surface area contributed by atoms with Crippen LogP contribution in [0.15, 0.2) is 30.3 Å². The van der Waals surface area contributed by atoms with E-state index < -0.39 is 5.91 Å². The van der Waals surface area contributed by atoms with Crippen molar-refractivity contribution in [2.75, 3.05) is 11.9 Å². The minimum Gasteiger partial charge on any atom is -0.490 e. The van der Waals surface area contributed by atoms with Crippen LogP contribution in [0, 0.1) is 5.82 Å². The summed E-state index contributed by atoms with van der Waals surface area (Å²) in [6, 6.07) is 7.31. The lowest BCUT2D eigenvalue weighted by Crippen LogP contribution is -2.12. The molecular weight excluding hydrogens is 434 g/mol. The molecule has 0 aliphatic heterocycles. The van der Waals surface area contributed by atoms with Crippen LogP contribution in [0.25, 0.3) is 10.2 Å². The van der Waals surface area contributed by atoms with Gasteiger partial charge in [0.15, 0.2) is 10.9 Å². The van der Waals surface area contributed by atoms with Gasteiger partial charge in [-0.05, 0) is 36.8 Å². The minimum absolute atomic E-state index is 0.280. The van der Waals surface area contributed by atoms with Crippen LogP contribution >= 0.6 is 34.5 Å². The highest BCUT2D eigenvalue weighted by atomic mass is 35.5. The number of amides is 1. The fourth-order valence-corrected chi connectivity index (χ4v) is 4.31. The molecule has 0 saturated heterocycles. The van der Waals surface area contributed by atoms with E-state index in [4.69, 9.17) is 27.9 Å². The van der Waals surface area contributed by atoms with Crippen molar-refractivity contribution in [3.63, 3.8) is 0 Å². The zero-order chi connectivity index (χ0) is 20.8. The predicted molar refractivity (Wildman–Crippen MR) is 118 cm³/mol. The number of ether oxygens (including phenoxy) is 1. The molecule has 29 heavy (non-hydrogen) atoms. The summed E-state index contributed by atoms with van der Waals surface area (Å²) < 4.78 is 19.7. The quantitative estimate of drug-likeness (QED) is 0.344. The standard InChI is InChI=1S/C21H21Cl2FN2O2S/c1-2-3-4-5-6-9-28-19-15(22)10-13(11-16(19)23)20(27)26-21-25-17-8-7-14(24)12-18(17)29-21/h7-8,10-12H,2-6,9H2,1H3,(H,25,26,27). The molecule has 2 aromatic carbocycles. The Morgan fingerprint density at radius 1 is 1.14 bits per heavy atom. The van der Waals surface area contributed by atoms with Crippen molar-refractivity contribution in [3.05, 3.63) is 51.8 Å². The number of hydrogen-bond donors (Lipinski definition) is 1. The number of aromatic nitrogens is 1. The normalized spacial score (nSPS) is 11.0. The Morgan fingerprint density at radius 2 is 1.86 bits per heavy atom. The molecule has 0 aliphatic rings. The molecule has 0 radical (unpaired) electrons. The average Bonchev–Trinajstić information content (AvgIpc) is 3.07. The van der Waals surface area contributed by atoms with Crippen molar-refractivity contribution in [1.82, 2.24) is 4.98 Å². The molecular formula is C21H21Cl2FN2O2S. The number of rotatable bonds is 9. The molecule has 3 rings (SSSR count). The smallest absolute Gasteiger partial charge is 0.257 e. The van der Waals surface area contributed by atoms with E-state index >= 15 is 0 Å². The second-order valence-electron chi connectivity index (χ2n) is 6.62. The molecule has 0 atom stereocenters. The molecule has 154 valence electrons. The summed E-state index contributed by atoms with van der Waals surface area (Å²) in [5.41, 5.74) is 0.909. The fourth-order valence-electron chi connectivity index (χ4n) is 2.83. The van der Waals surface area contributed by atoms with E-state index in [0.29, 0.717) is 33.3 Å². The number of unbranched alkanes of at least 4 members (excludes halogenated alkanes) is 4. The zero-order valence-electron chi connectivity index (χ0n) is 15.9. The SMILES string of the molecule is CCCCCCCOc1c(Cl)cc(C(=O)Nc2nc3ccc(F)cc3s2)cc1Cl. The molecule has 1 amide bonds. The third kappa shape index (κ3) is 5.81. The van der Waals surface area contributed by atoms with Crippen LogP contribution in [0.4, 0.5) is 9.52 Å². The Labute approximate surface area is 183 Å². The third-order valence-electron chi connectivity index (χ3n) is 4.33. The Balaban J connectivity index is 1.64. The number of nitrogens with zero attached hydrogens (tertiary/aromatic N) is 1. The maximum absolute atomic E-state index is 13.3. The van der Waals surface area contributed by atoms with Crippen LogP contribution in [0.1, 0.15) is 49.4 Å². The number of fused-ring (bicyclic) bond motifs is 1. The van der Waals surface area contributed by atoms with Gasteiger partial charge in [-0.15, -0.1) is 0 Å². The number of nitrogens with one attached hydrogen (secondary N) is 1. The van der Waals surface area contributed by atoms with Gasteiger partial charge in [-0.25, -0.2) is 9.37 Å². The lowest BCUT2D eigenvalue weighted by Gasteiger charge is -2.11. The molecule has 1 N–H and O–H groups in total. The van der Waals surface area contributed by atoms with Crippen LogP contribution in [0.2, 0.25) is 10.0 Å². The Morgan fingerprint density at radius 3 is 2.59 bits per heavy atom. The van der Waals surface area contributed by atoms with Gasteiger partial charge in [-0.3, -0.25) is 10.1 Å². The van der Waals surface area contributed by atoms with E-state index in [2.05, 4.69) is 17.2 Å². The number of thiazole rings is 1. The molecule has 0 unspecified atom stereocenters. The van der Waals surface area contributed by atoms with E-state index in [1.807, 2.05) is 0 Å². The topological polar surface area (TPSA) is 51.2 Å². The Bertz CT molecular complexity index is 987. The molecule has 1 heterocycles. The molecule has 4 nitrogen and oxygen atoms in total. The van der Waals surface area contributed by atoms with E-state index in [1.54, 1.807) is 6.07 Å². The third-order valence-corrected chi connectivity index (χ3v) is 5.82. The first-order valence-electron chi connectivity index (χ1n) is 9.47. The Hall–Kier alpha value is -1.89. The fraction of sp³-hybridized carbons (Fsp3) is 0.333. The summed E-state index contributed by atoms with van der Waals surface area (Å²) in [6.07, 6.45) is 5.60. The number of hydrogen-bond acceptors (Lipinski definition) is 4. The number of anilines is 1. The van der Waals surface area contributed by atoms with Crippen molar-refractivity contribution in [2.45, 2.75) is 39.0 Å². The average molecular weight is 455 g/mol. The molecule has 0 aliphatic carbocycles. The van der Waals surface area contributed by atoms with Crippen LogP contribution in [0.3, 0.4) is 0 Å². The highest BCUT2D eigenvalue weighted by Crippen LogP contribution is 2.35. The summed E-state index contributed by atoms with van der Waals surface area (Å²) >= 11 is 13.8. The van der Waals surface area contributed by atoms with Gasteiger partial charge in [0, 0.05) is 5.56 Å². The number of carbonyl (C=O) groups excluding carboxylic acids is 1. The van der Waals surface area contributed by atoms with Crippen molar-refractivity contribution in [1.29, 1.82) is 0 Å². The maximum Gasteiger partial charge on any atom is 0.257 e. The van der Waals surface area contributed by atoms with Gasteiger partial charge in [0.25, 0.3) is 5.91 Å². The number of benzene rings is 2. The maximum atomic E-state index is 13.3. The summed E-state index contributed by atoms with van der Waals surface area (Å²) in [7, 11) is 0. The molecule has 0 bridgehead atoms. The molecule has 3 aromatic rings. The molecule has 0 saturated carbocycles. The second-order valence-corrected chi connectivity index (χ2v) is 8.46. The van der Waals surface area contributed by atoms with Gasteiger partial charge in [0.1, 0.15) is 5.82 Å². The first-order chi connectivity index (χ1) is 14.0. The van der Waals surface area contributed by atoms with Crippen LogP contribution < -0.4 is 10.1 Å². The minimum atomic E-state index is -0.403. The first-order valence-corrected chi connectivity index (χ1v) is 11.0. The highest BCUT2D eigenvalue weighted by Gasteiger charge is 2.16. The summed E-state index contributed by atoms with van der Waals surface area (Å²) in [5.74, 6) is -0.367. The van der Waals surface area contributed by atoms with Crippen LogP contribution in [-0.2, 0) is 0 Å². The second kappa shape index (κ2) is 10.2. The van der Waals surface area contributed by atoms with E-state index in [1.165, 1.54) is 54.9 Å². The number of carbonyl (C=O) groups is 1. The lowest BCUT2D eigenvalue weighted by atomic mass is 10.2. The van der Waals surface area contributed by atoms with Gasteiger partial charge >= 0.3 is 0 Å². The van der Waals surface area contributed by atoms with E-state index in [9.17, 15) is 9.18 Å². The highest BCUT2D eigenvalue weighted by molar-refractivity contribution is 7.22.